The molecule has 0 aliphatic carbocycles. The molecule has 0 atom stereocenters. The highest BCUT2D eigenvalue weighted by atomic mass is 16.5. The zero-order valence-corrected chi connectivity index (χ0v) is 11.0. The lowest BCUT2D eigenvalue weighted by Gasteiger charge is -2.08. The lowest BCUT2D eigenvalue weighted by Crippen LogP contribution is -1.94. The van der Waals surface area contributed by atoms with E-state index in [1.54, 1.807) is 25.6 Å². The van der Waals surface area contributed by atoms with Crippen LogP contribution < -0.4 is 9.47 Å². The van der Waals surface area contributed by atoms with Crippen molar-refractivity contribution < 1.29 is 14.6 Å². The molecule has 0 fully saturated rings. The van der Waals surface area contributed by atoms with Crippen LogP contribution in [-0.4, -0.2) is 34.3 Å². The molecule has 0 saturated heterocycles. The zero-order chi connectivity index (χ0) is 14.1. The van der Waals surface area contributed by atoms with Gasteiger partial charge in [-0.3, -0.25) is 0 Å². The van der Waals surface area contributed by atoms with Gasteiger partial charge in [0.15, 0.2) is 11.6 Å². The van der Waals surface area contributed by atoms with Gasteiger partial charge in [-0.1, -0.05) is 0 Å². The van der Waals surface area contributed by atoms with Crippen LogP contribution in [0.4, 0.5) is 0 Å². The van der Waals surface area contributed by atoms with Gasteiger partial charge in [-0.2, -0.15) is 0 Å². The van der Waals surface area contributed by atoms with Crippen LogP contribution in [0.1, 0.15) is 0 Å². The summed E-state index contributed by atoms with van der Waals surface area (Å²) in [6, 6.07) is 5.44. The second-order valence-electron chi connectivity index (χ2n) is 4.20. The van der Waals surface area contributed by atoms with Crippen molar-refractivity contribution in [2.24, 2.45) is 0 Å². The molecule has 0 bridgehead atoms. The lowest BCUT2D eigenvalue weighted by molar-refractivity contribution is 0.343. The Kier molecular flexibility index (Phi) is 2.90. The van der Waals surface area contributed by atoms with Gasteiger partial charge in [0.2, 0.25) is 0 Å². The van der Waals surface area contributed by atoms with Crippen LogP contribution >= 0.6 is 0 Å². The van der Waals surface area contributed by atoms with Crippen LogP contribution in [0.5, 0.6) is 17.5 Å². The summed E-state index contributed by atoms with van der Waals surface area (Å²) in [6.45, 7) is 0. The van der Waals surface area contributed by atoms with E-state index in [0.29, 0.717) is 22.5 Å². The minimum absolute atomic E-state index is 0.115. The van der Waals surface area contributed by atoms with Gasteiger partial charge in [0.05, 0.1) is 30.8 Å². The number of nitrogens with one attached hydrogen (secondary N) is 1. The first-order valence-corrected chi connectivity index (χ1v) is 5.98. The number of methoxy groups -OCH3 is 2. The molecule has 0 amide bonds. The van der Waals surface area contributed by atoms with Crippen molar-refractivity contribution in [3.05, 3.63) is 30.6 Å². The highest BCUT2D eigenvalue weighted by Crippen LogP contribution is 2.30. The topological polar surface area (TPSA) is 80.3 Å². The fourth-order valence-corrected chi connectivity index (χ4v) is 2.03. The number of pyridine rings is 2. The van der Waals surface area contributed by atoms with Crippen molar-refractivity contribution in [2.45, 2.75) is 0 Å². The van der Waals surface area contributed by atoms with Crippen LogP contribution in [0.15, 0.2) is 30.6 Å². The number of aromatic nitrogens is 3. The Morgan fingerprint density at radius 2 is 2.05 bits per heavy atom. The molecule has 0 spiro atoms. The highest BCUT2D eigenvalue weighted by Gasteiger charge is 2.10. The van der Waals surface area contributed by atoms with Gasteiger partial charge in [-0.25, -0.2) is 9.97 Å². The molecule has 0 aliphatic heterocycles. The number of fused-ring (bicyclic) bond motifs is 1. The predicted molar refractivity (Wildman–Crippen MR) is 74.1 cm³/mol. The summed E-state index contributed by atoms with van der Waals surface area (Å²) >= 11 is 0. The molecular formula is C14H13N3O3. The minimum atomic E-state index is 0.115. The van der Waals surface area contributed by atoms with Crippen LogP contribution in [0.3, 0.4) is 0 Å². The van der Waals surface area contributed by atoms with Crippen LogP contribution in [0.25, 0.3) is 22.2 Å². The first-order valence-electron chi connectivity index (χ1n) is 5.98. The van der Waals surface area contributed by atoms with Gasteiger partial charge in [-0.05, 0) is 18.2 Å². The Morgan fingerprint density at radius 1 is 1.20 bits per heavy atom. The average molecular weight is 271 g/mol. The Hall–Kier alpha value is -2.76. The van der Waals surface area contributed by atoms with E-state index >= 15 is 0 Å². The maximum Gasteiger partial charge on any atom is 0.256 e. The van der Waals surface area contributed by atoms with Crippen molar-refractivity contribution in [1.29, 1.82) is 0 Å². The number of aromatic hydroxyl groups is 1. The summed E-state index contributed by atoms with van der Waals surface area (Å²) < 4.78 is 10.3. The molecule has 6 nitrogen and oxygen atoms in total. The molecular weight excluding hydrogens is 258 g/mol. The molecule has 3 aromatic rings. The standard InChI is InChI=1S/C14H13N3O3/c1-19-12-5-8(6-16-14(12)20-2)10-4-3-9-11(17-10)7-15-13(9)18/h3-7,15,18H,1-2H3. The van der Waals surface area contributed by atoms with Crippen LogP contribution in [0.2, 0.25) is 0 Å². The number of hydrogen-bond acceptors (Lipinski definition) is 5. The average Bonchev–Trinajstić information content (AvgIpc) is 2.87. The molecule has 0 unspecified atom stereocenters. The van der Waals surface area contributed by atoms with Gasteiger partial charge in [0.1, 0.15) is 0 Å². The molecule has 6 heteroatoms. The highest BCUT2D eigenvalue weighted by molar-refractivity contribution is 5.86. The smallest absolute Gasteiger partial charge is 0.256 e. The molecule has 0 radical (unpaired) electrons. The fraction of sp³-hybridized carbons (Fsp3) is 0.143. The van der Waals surface area contributed by atoms with Gasteiger partial charge in [0.25, 0.3) is 5.88 Å². The maximum atomic E-state index is 9.58. The molecule has 102 valence electrons. The summed E-state index contributed by atoms with van der Waals surface area (Å²) in [5.74, 6) is 1.09. The number of H-pyrrole nitrogens is 1. The molecule has 3 aromatic heterocycles. The largest absolute Gasteiger partial charge is 0.494 e. The van der Waals surface area contributed by atoms with E-state index in [2.05, 4.69) is 15.0 Å². The molecule has 3 heterocycles. The van der Waals surface area contributed by atoms with E-state index in [1.807, 2.05) is 12.1 Å². The number of hydrogen-bond donors (Lipinski definition) is 2. The summed E-state index contributed by atoms with van der Waals surface area (Å²) in [5.41, 5.74) is 2.24. The molecule has 2 N–H and O–H groups in total. The van der Waals surface area contributed by atoms with Crippen LogP contribution in [0, 0.1) is 0 Å². The van der Waals surface area contributed by atoms with E-state index in [1.165, 1.54) is 7.11 Å². The predicted octanol–water partition coefficient (Wildman–Crippen LogP) is 2.35. The first kappa shape index (κ1) is 12.3. The lowest BCUT2D eigenvalue weighted by atomic mass is 10.1. The maximum absolute atomic E-state index is 9.58. The van der Waals surface area contributed by atoms with Gasteiger partial charge >= 0.3 is 0 Å². The summed E-state index contributed by atoms with van der Waals surface area (Å²) in [5, 5.41) is 10.3. The number of ether oxygens (including phenoxy) is 2. The Balaban J connectivity index is 2.10. The van der Waals surface area contributed by atoms with E-state index < -0.39 is 0 Å². The molecule has 0 saturated carbocycles. The van der Waals surface area contributed by atoms with Crippen molar-refractivity contribution in [3.8, 4) is 28.8 Å². The zero-order valence-electron chi connectivity index (χ0n) is 11.0. The van der Waals surface area contributed by atoms with E-state index in [9.17, 15) is 5.11 Å². The summed E-state index contributed by atoms with van der Waals surface area (Å²) in [4.78, 5) is 11.4. The Labute approximate surface area is 115 Å². The molecule has 0 aliphatic rings. The second kappa shape index (κ2) is 4.73. The second-order valence-corrected chi connectivity index (χ2v) is 4.20. The molecule has 3 rings (SSSR count). The van der Waals surface area contributed by atoms with Crippen molar-refractivity contribution in [3.63, 3.8) is 0 Å². The summed E-state index contributed by atoms with van der Waals surface area (Å²) in [6.07, 6.45) is 3.32. The number of nitrogens with zero attached hydrogens (tertiary/aromatic N) is 2. The third-order valence-electron chi connectivity index (χ3n) is 3.05. The van der Waals surface area contributed by atoms with Gasteiger partial charge < -0.3 is 19.6 Å². The SMILES string of the molecule is COc1cc(-c2ccc3c(O)[nH]cc3n2)cnc1OC. The molecule has 0 aromatic carbocycles. The van der Waals surface area contributed by atoms with Crippen molar-refractivity contribution in [2.75, 3.05) is 14.2 Å². The fourth-order valence-electron chi connectivity index (χ4n) is 2.03. The van der Waals surface area contributed by atoms with Gasteiger partial charge in [-0.15, -0.1) is 0 Å². The number of rotatable bonds is 3. The molecule has 20 heavy (non-hydrogen) atoms. The Morgan fingerprint density at radius 3 is 2.80 bits per heavy atom. The number of aromatic amines is 1. The van der Waals surface area contributed by atoms with Gasteiger partial charge in [0, 0.05) is 18.0 Å². The first-order chi connectivity index (χ1) is 9.72. The monoisotopic (exact) mass is 271 g/mol. The third kappa shape index (κ3) is 1.91. The van der Waals surface area contributed by atoms with Crippen molar-refractivity contribution in [1.82, 2.24) is 15.0 Å². The third-order valence-corrected chi connectivity index (χ3v) is 3.05. The van der Waals surface area contributed by atoms with E-state index in [4.69, 9.17) is 9.47 Å². The minimum Gasteiger partial charge on any atom is -0.494 e. The quantitative estimate of drug-likeness (QED) is 0.764. The van der Waals surface area contributed by atoms with Crippen LogP contribution in [-0.2, 0) is 0 Å². The van der Waals surface area contributed by atoms with E-state index in [-0.39, 0.29) is 5.88 Å². The Bertz CT molecular complexity index is 767. The normalized spacial score (nSPS) is 10.7. The van der Waals surface area contributed by atoms with E-state index in [0.717, 1.165) is 11.3 Å². The van der Waals surface area contributed by atoms with Crippen molar-refractivity contribution >= 4 is 10.9 Å². The summed E-state index contributed by atoms with van der Waals surface area (Å²) in [7, 11) is 3.10.